The van der Waals surface area contributed by atoms with E-state index in [-0.39, 0.29) is 5.91 Å². The molecule has 0 aliphatic carbocycles. The van der Waals surface area contributed by atoms with E-state index in [1.165, 1.54) is 0 Å². The summed E-state index contributed by atoms with van der Waals surface area (Å²) in [5, 5.41) is 2.68. The molecule has 62 valence electrons. The van der Waals surface area contributed by atoms with Crippen molar-refractivity contribution in [3.63, 3.8) is 0 Å². The number of carbonyl (C=O) groups excluding carboxylic acids is 1. The van der Waals surface area contributed by atoms with Gasteiger partial charge in [0.2, 0.25) is 5.91 Å². The molecule has 0 aromatic heterocycles. The minimum atomic E-state index is -0.542. The maximum atomic E-state index is 11.0. The van der Waals surface area contributed by atoms with Crippen LogP contribution in [-0.4, -0.2) is 17.2 Å². The topological polar surface area (TPSA) is 29.1 Å². The summed E-state index contributed by atoms with van der Waals surface area (Å²) in [6.45, 7) is 3.56. The van der Waals surface area contributed by atoms with Crippen LogP contribution in [0.5, 0.6) is 0 Å². The van der Waals surface area contributed by atoms with E-state index in [1.54, 1.807) is 13.8 Å². The molecule has 0 aromatic rings. The number of hydrogen-bond acceptors (Lipinski definition) is 2. The highest BCUT2D eigenvalue weighted by Gasteiger charge is 2.15. The van der Waals surface area contributed by atoms with Crippen molar-refractivity contribution in [2.75, 3.05) is 5.75 Å². The van der Waals surface area contributed by atoms with E-state index in [1.807, 2.05) is 0 Å². The van der Waals surface area contributed by atoms with Crippen LogP contribution in [-0.2, 0) is 4.79 Å². The molecule has 0 aliphatic rings. The Morgan fingerprint density at radius 2 is 2.27 bits per heavy atom. The van der Waals surface area contributed by atoms with Crippen LogP contribution < -0.4 is 5.32 Å². The van der Waals surface area contributed by atoms with Gasteiger partial charge in [-0.3, -0.25) is 4.79 Å². The highest BCUT2D eigenvalue weighted by atomic mass is 32.1. The lowest BCUT2D eigenvalue weighted by Crippen LogP contribution is -2.42. The maximum absolute atomic E-state index is 11.0. The molecule has 3 heteroatoms. The summed E-state index contributed by atoms with van der Waals surface area (Å²) in [5.41, 5.74) is -0.542. The molecule has 0 saturated carbocycles. The molecule has 0 saturated heterocycles. The van der Waals surface area contributed by atoms with Crippen molar-refractivity contribution < 1.29 is 4.79 Å². The third kappa shape index (κ3) is 4.74. The Bertz CT molecular complexity index is 181. The van der Waals surface area contributed by atoms with E-state index in [0.717, 1.165) is 0 Å². The number of carbonyl (C=O) groups is 1. The van der Waals surface area contributed by atoms with Crippen LogP contribution in [0.3, 0.4) is 0 Å². The largest absolute Gasteiger partial charge is 0.340 e. The van der Waals surface area contributed by atoms with Crippen LogP contribution in [0.2, 0.25) is 0 Å². The van der Waals surface area contributed by atoms with Gasteiger partial charge in [0.05, 0.1) is 5.54 Å². The second-order valence-corrected chi connectivity index (χ2v) is 3.24. The Morgan fingerprint density at radius 1 is 1.73 bits per heavy atom. The Morgan fingerprint density at radius 3 is 2.64 bits per heavy atom. The summed E-state index contributed by atoms with van der Waals surface area (Å²) < 4.78 is 0. The van der Waals surface area contributed by atoms with Crippen molar-refractivity contribution in [3.8, 4) is 12.3 Å². The first-order valence-corrected chi connectivity index (χ1v) is 4.05. The van der Waals surface area contributed by atoms with E-state index >= 15 is 0 Å². The van der Waals surface area contributed by atoms with E-state index in [0.29, 0.717) is 12.2 Å². The van der Waals surface area contributed by atoms with Gasteiger partial charge in [0.25, 0.3) is 0 Å². The number of terminal acetylenes is 1. The summed E-state index contributed by atoms with van der Waals surface area (Å²) >= 11 is 3.93. The van der Waals surface area contributed by atoms with Gasteiger partial charge in [-0.05, 0) is 19.6 Å². The fraction of sp³-hybridized carbons (Fsp3) is 0.625. The Kier molecular flexibility index (Phi) is 4.06. The van der Waals surface area contributed by atoms with Crippen molar-refractivity contribution in [2.24, 2.45) is 0 Å². The van der Waals surface area contributed by atoms with Gasteiger partial charge in [0.15, 0.2) is 0 Å². The fourth-order valence-electron chi connectivity index (χ4n) is 0.549. The molecule has 0 radical (unpaired) electrons. The van der Waals surface area contributed by atoms with Gasteiger partial charge >= 0.3 is 0 Å². The SMILES string of the molecule is C#CC(C)(C)NC(=O)CCS. The van der Waals surface area contributed by atoms with Crippen LogP contribution in [0, 0.1) is 12.3 Å². The second kappa shape index (κ2) is 4.30. The molecule has 0 bridgehead atoms. The summed E-state index contributed by atoms with van der Waals surface area (Å²) in [4.78, 5) is 11.0. The predicted octanol–water partition coefficient (Wildman–Crippen LogP) is 0.834. The smallest absolute Gasteiger partial charge is 0.221 e. The maximum Gasteiger partial charge on any atom is 0.221 e. The first kappa shape index (κ1) is 10.4. The molecule has 0 aliphatic heterocycles. The number of nitrogens with one attached hydrogen (secondary N) is 1. The minimum Gasteiger partial charge on any atom is -0.340 e. The predicted molar refractivity (Wildman–Crippen MR) is 49.5 cm³/mol. The zero-order valence-corrected chi connectivity index (χ0v) is 7.74. The molecule has 1 amide bonds. The molecule has 11 heavy (non-hydrogen) atoms. The van der Waals surface area contributed by atoms with Gasteiger partial charge in [0, 0.05) is 6.42 Å². The van der Waals surface area contributed by atoms with Crippen molar-refractivity contribution in [3.05, 3.63) is 0 Å². The number of thiol groups is 1. The van der Waals surface area contributed by atoms with Gasteiger partial charge < -0.3 is 5.32 Å². The lowest BCUT2D eigenvalue weighted by molar-refractivity contribution is -0.121. The van der Waals surface area contributed by atoms with Gasteiger partial charge in [-0.2, -0.15) is 12.6 Å². The molecule has 0 fully saturated rings. The zero-order valence-electron chi connectivity index (χ0n) is 6.85. The van der Waals surface area contributed by atoms with Crippen molar-refractivity contribution in [1.29, 1.82) is 0 Å². The average molecular weight is 171 g/mol. The van der Waals surface area contributed by atoms with Gasteiger partial charge in [-0.15, -0.1) is 6.42 Å². The summed E-state index contributed by atoms with van der Waals surface area (Å²) in [5.74, 6) is 2.97. The monoisotopic (exact) mass is 171 g/mol. The van der Waals surface area contributed by atoms with Gasteiger partial charge in [-0.1, -0.05) is 5.92 Å². The molecule has 2 nitrogen and oxygen atoms in total. The average Bonchev–Trinajstić information content (AvgIpc) is 1.87. The van der Waals surface area contributed by atoms with Crippen LogP contribution in [0.25, 0.3) is 0 Å². The molecule has 0 spiro atoms. The first-order valence-electron chi connectivity index (χ1n) is 3.41. The first-order chi connectivity index (χ1) is 5.02. The molecule has 0 rings (SSSR count). The van der Waals surface area contributed by atoms with Gasteiger partial charge in [-0.25, -0.2) is 0 Å². The van der Waals surface area contributed by atoms with Crippen LogP contribution in [0.4, 0.5) is 0 Å². The van der Waals surface area contributed by atoms with Crippen LogP contribution in [0.15, 0.2) is 0 Å². The second-order valence-electron chi connectivity index (χ2n) is 2.79. The molecule has 0 heterocycles. The fourth-order valence-corrected chi connectivity index (χ4v) is 0.752. The number of hydrogen-bond donors (Lipinski definition) is 2. The van der Waals surface area contributed by atoms with Crippen LogP contribution >= 0.6 is 12.6 Å². The molecule has 0 unspecified atom stereocenters. The van der Waals surface area contributed by atoms with Crippen molar-refractivity contribution in [2.45, 2.75) is 25.8 Å². The Hall–Kier alpha value is -0.620. The summed E-state index contributed by atoms with van der Waals surface area (Å²) in [6, 6.07) is 0. The molecule has 1 N–H and O–H groups in total. The van der Waals surface area contributed by atoms with E-state index in [2.05, 4.69) is 23.9 Å². The zero-order chi connectivity index (χ0) is 8.91. The van der Waals surface area contributed by atoms with E-state index < -0.39 is 5.54 Å². The normalized spacial score (nSPS) is 10.4. The third-order valence-corrected chi connectivity index (χ3v) is 1.38. The lowest BCUT2D eigenvalue weighted by atomic mass is 10.1. The summed E-state index contributed by atoms with van der Waals surface area (Å²) in [7, 11) is 0. The quantitative estimate of drug-likeness (QED) is 0.478. The number of amides is 1. The lowest BCUT2D eigenvalue weighted by Gasteiger charge is -2.18. The van der Waals surface area contributed by atoms with E-state index in [4.69, 9.17) is 6.42 Å². The standard InChI is InChI=1S/C8H13NOS/c1-4-8(2,3)9-7(10)5-6-11/h1,11H,5-6H2,2-3H3,(H,9,10). The van der Waals surface area contributed by atoms with Crippen molar-refractivity contribution >= 4 is 18.5 Å². The third-order valence-electron chi connectivity index (χ3n) is 1.15. The van der Waals surface area contributed by atoms with Gasteiger partial charge in [0.1, 0.15) is 0 Å². The molecular formula is C8H13NOS. The highest BCUT2D eigenvalue weighted by Crippen LogP contribution is 1.99. The Balaban J connectivity index is 3.86. The minimum absolute atomic E-state index is 0.0528. The Labute approximate surface area is 73.2 Å². The molecule has 0 atom stereocenters. The highest BCUT2D eigenvalue weighted by molar-refractivity contribution is 7.80. The van der Waals surface area contributed by atoms with Crippen molar-refractivity contribution in [1.82, 2.24) is 5.32 Å². The summed E-state index contributed by atoms with van der Waals surface area (Å²) in [6.07, 6.45) is 5.58. The number of rotatable bonds is 3. The molecule has 0 aromatic carbocycles. The molecular weight excluding hydrogens is 158 g/mol. The van der Waals surface area contributed by atoms with Crippen LogP contribution in [0.1, 0.15) is 20.3 Å². The van der Waals surface area contributed by atoms with E-state index in [9.17, 15) is 4.79 Å².